The number of anilines is 1. The number of rotatable bonds is 3. The molecule has 2 heterocycles. The average Bonchev–Trinajstić information content (AvgIpc) is 2.78. The monoisotopic (exact) mass is 489 g/mol. The number of carbonyl (C=O) groups is 2. The van der Waals surface area contributed by atoms with Gasteiger partial charge in [0.05, 0.1) is 12.6 Å². The van der Waals surface area contributed by atoms with E-state index in [4.69, 9.17) is 0 Å². The van der Waals surface area contributed by atoms with E-state index in [-0.39, 0.29) is 29.1 Å². The van der Waals surface area contributed by atoms with E-state index in [1.807, 2.05) is 13.8 Å². The molecule has 4 rings (SSSR count). The summed E-state index contributed by atoms with van der Waals surface area (Å²) in [6.07, 6.45) is -3.40. The number of carbonyl (C=O) groups excluding carboxylic acids is 2. The van der Waals surface area contributed by atoms with Gasteiger partial charge in [0.15, 0.2) is 0 Å². The third-order valence-corrected chi connectivity index (χ3v) is 7.49. The fourth-order valence-electron chi connectivity index (χ4n) is 5.47. The molecule has 35 heavy (non-hydrogen) atoms. The number of alkyl halides is 3. The number of hydrogen-bond donors (Lipinski definition) is 2. The molecule has 2 aromatic carbocycles. The molecule has 188 valence electrons. The van der Waals surface area contributed by atoms with Crippen LogP contribution in [0.15, 0.2) is 36.4 Å². The Balaban J connectivity index is 1.60. The Morgan fingerprint density at radius 3 is 2.49 bits per heavy atom. The molecule has 0 aromatic heterocycles. The smallest absolute Gasteiger partial charge is 0.416 e. The van der Waals surface area contributed by atoms with Crippen LogP contribution in [0.4, 0.5) is 18.9 Å². The van der Waals surface area contributed by atoms with Crippen LogP contribution in [-0.2, 0) is 11.0 Å². The number of likely N-dealkylation sites (tertiary alicyclic amines) is 1. The first-order valence-electron chi connectivity index (χ1n) is 11.7. The molecule has 0 aliphatic carbocycles. The zero-order valence-electron chi connectivity index (χ0n) is 20.2. The van der Waals surface area contributed by atoms with Crippen molar-refractivity contribution >= 4 is 17.5 Å². The molecular weight excluding hydrogens is 459 g/mol. The van der Waals surface area contributed by atoms with E-state index >= 15 is 0 Å². The number of benzene rings is 2. The van der Waals surface area contributed by atoms with Gasteiger partial charge < -0.3 is 15.8 Å². The van der Waals surface area contributed by atoms with E-state index in [2.05, 4.69) is 10.6 Å². The highest BCUT2D eigenvalue weighted by Crippen LogP contribution is 2.42. The lowest BCUT2D eigenvalue weighted by Crippen LogP contribution is -2.65. The molecule has 6 nitrogen and oxygen atoms in total. The van der Waals surface area contributed by atoms with Gasteiger partial charge >= 0.3 is 12.1 Å². The number of amides is 2. The van der Waals surface area contributed by atoms with Crippen molar-refractivity contribution in [3.8, 4) is 0 Å². The van der Waals surface area contributed by atoms with Gasteiger partial charge in [-0.15, -0.1) is 0 Å². The Kier molecular flexibility index (Phi) is 6.54. The van der Waals surface area contributed by atoms with Crippen LogP contribution < -0.4 is 10.6 Å². The number of nitrogens with zero attached hydrogens (tertiary/aromatic N) is 1. The molecule has 0 saturated carbocycles. The number of hydrogen-bond acceptors (Lipinski definition) is 4. The van der Waals surface area contributed by atoms with E-state index in [9.17, 15) is 28.0 Å². The maximum Gasteiger partial charge on any atom is 0.416 e. The summed E-state index contributed by atoms with van der Waals surface area (Å²) in [5.41, 5.74) is 0.880. The van der Waals surface area contributed by atoms with Gasteiger partial charge in [0.2, 0.25) is 0 Å². The maximum atomic E-state index is 13.4. The average molecular weight is 490 g/mol. The summed E-state index contributed by atoms with van der Waals surface area (Å²) in [5.74, 6) is -1.67. The Morgan fingerprint density at radius 1 is 1.11 bits per heavy atom. The quantitative estimate of drug-likeness (QED) is 0.475. The first-order valence-corrected chi connectivity index (χ1v) is 11.7. The van der Waals surface area contributed by atoms with Gasteiger partial charge in [0.1, 0.15) is 12.0 Å². The van der Waals surface area contributed by atoms with Crippen molar-refractivity contribution < 1.29 is 27.4 Å². The van der Waals surface area contributed by atoms with Crippen LogP contribution in [0.3, 0.4) is 0 Å². The number of nitrogens with one attached hydrogen (secondary N) is 2. The molecule has 0 spiro atoms. The first-order chi connectivity index (χ1) is 16.3. The third-order valence-electron chi connectivity index (χ3n) is 7.49. The van der Waals surface area contributed by atoms with Crippen molar-refractivity contribution in [3.63, 3.8) is 0 Å². The van der Waals surface area contributed by atoms with Crippen LogP contribution in [0.1, 0.15) is 58.3 Å². The van der Waals surface area contributed by atoms with E-state index in [1.54, 1.807) is 18.2 Å². The van der Waals surface area contributed by atoms with Crippen molar-refractivity contribution in [2.24, 2.45) is 5.92 Å². The summed E-state index contributed by atoms with van der Waals surface area (Å²) in [6, 6.07) is 8.38. The molecule has 2 amide bonds. The van der Waals surface area contributed by atoms with Gasteiger partial charge in [-0.25, -0.2) is 4.79 Å². The highest BCUT2D eigenvalue weighted by Gasteiger charge is 2.50. The van der Waals surface area contributed by atoms with Crippen LogP contribution in [0, 0.1) is 25.0 Å². The maximum absolute atomic E-state index is 13.4. The topological polar surface area (TPSA) is 81.3 Å². The van der Waals surface area contributed by atoms with Crippen molar-refractivity contribution in [1.82, 2.24) is 5.32 Å². The van der Waals surface area contributed by atoms with Gasteiger partial charge in [0.25, 0.3) is 5.91 Å². The second-order valence-electron chi connectivity index (χ2n) is 10.0. The summed E-state index contributed by atoms with van der Waals surface area (Å²) in [4.78, 5) is 26.1. The molecule has 9 heteroatoms. The predicted octanol–water partition coefficient (Wildman–Crippen LogP) is 4.90. The number of hydroxylamine groups is 3. The Morgan fingerprint density at radius 2 is 1.80 bits per heavy atom. The highest BCUT2D eigenvalue weighted by atomic mass is 19.4. The van der Waals surface area contributed by atoms with Gasteiger partial charge in [0, 0.05) is 36.2 Å². The normalized spacial score (nSPS) is 29.0. The molecule has 2 saturated heterocycles. The standard InChI is InChI=1S/C26H30F3N3O3/c1-14-6-8-19(31-24(33)17-7-5-15(2)22(11-17)26(27,28)29)12-20(14)21-10-18-13-30-16(3)9-23(18)32(4,35)25(21)34/h5-8,11-12,16,18,21,23,30H,9-10,13H2,1-4H3,(H,31,33). The SMILES string of the molecule is Cc1ccc(NC(=O)c2ccc(C)c(C(F)(F)F)c2)cc1C1CC2CNC(C)CC2[N+](C)([O-])C1=O. The number of piperidine rings is 2. The predicted molar refractivity (Wildman–Crippen MR) is 127 cm³/mol. The minimum atomic E-state index is -4.56. The summed E-state index contributed by atoms with van der Waals surface area (Å²) in [7, 11) is 1.43. The third kappa shape index (κ3) is 4.85. The van der Waals surface area contributed by atoms with E-state index in [0.29, 0.717) is 30.6 Å². The lowest BCUT2D eigenvalue weighted by Gasteiger charge is -2.54. The van der Waals surface area contributed by atoms with Crippen LogP contribution in [0.5, 0.6) is 0 Å². The fourth-order valence-corrected chi connectivity index (χ4v) is 5.47. The molecule has 5 unspecified atom stereocenters. The number of aryl methyl sites for hydroxylation is 2. The van der Waals surface area contributed by atoms with Gasteiger partial charge in [-0.2, -0.15) is 13.2 Å². The number of likely N-dealkylation sites (N-methyl/N-ethyl adjacent to an activating group) is 1. The van der Waals surface area contributed by atoms with E-state index in [1.165, 1.54) is 26.1 Å². The number of quaternary nitrogens is 1. The fraction of sp³-hybridized carbons (Fsp3) is 0.462. The van der Waals surface area contributed by atoms with Crippen molar-refractivity contribution in [2.45, 2.75) is 57.8 Å². The Labute approximate surface area is 202 Å². The second-order valence-corrected chi connectivity index (χ2v) is 10.0. The summed E-state index contributed by atoms with van der Waals surface area (Å²) in [5, 5.41) is 19.5. The number of halogens is 3. The molecule has 2 N–H and O–H groups in total. The van der Waals surface area contributed by atoms with Crippen LogP contribution in [-0.4, -0.2) is 42.1 Å². The van der Waals surface area contributed by atoms with E-state index < -0.39 is 34.1 Å². The van der Waals surface area contributed by atoms with Crippen LogP contribution in [0.2, 0.25) is 0 Å². The molecule has 5 atom stereocenters. The summed E-state index contributed by atoms with van der Waals surface area (Å²) < 4.78 is 38.9. The van der Waals surface area contributed by atoms with Crippen molar-refractivity contribution in [2.75, 3.05) is 18.9 Å². The summed E-state index contributed by atoms with van der Waals surface area (Å²) in [6.45, 7) is 5.85. The van der Waals surface area contributed by atoms with Crippen LogP contribution in [0.25, 0.3) is 0 Å². The molecule has 2 aliphatic heterocycles. The van der Waals surface area contributed by atoms with E-state index in [0.717, 1.165) is 11.6 Å². The molecule has 2 aliphatic rings. The Hall–Kier alpha value is -2.75. The molecule has 2 fully saturated rings. The zero-order valence-corrected chi connectivity index (χ0v) is 20.2. The van der Waals surface area contributed by atoms with Crippen LogP contribution >= 0.6 is 0 Å². The Bertz CT molecular complexity index is 1160. The van der Waals surface area contributed by atoms with Gasteiger partial charge in [-0.1, -0.05) is 12.1 Å². The summed E-state index contributed by atoms with van der Waals surface area (Å²) >= 11 is 0. The minimum absolute atomic E-state index is 0.0335. The largest absolute Gasteiger partial charge is 0.625 e. The second kappa shape index (κ2) is 9.04. The highest BCUT2D eigenvalue weighted by molar-refractivity contribution is 6.04. The first kappa shape index (κ1) is 25.3. The van der Waals surface area contributed by atoms with Gasteiger partial charge in [-0.3, -0.25) is 9.44 Å². The molecule has 2 aromatic rings. The van der Waals surface area contributed by atoms with Crippen molar-refractivity contribution in [3.05, 3.63) is 69.4 Å². The van der Waals surface area contributed by atoms with Gasteiger partial charge in [-0.05, 0) is 68.1 Å². The lowest BCUT2D eigenvalue weighted by molar-refractivity contribution is -0.822. The molecular formula is C26H30F3N3O3. The minimum Gasteiger partial charge on any atom is -0.625 e. The number of fused-ring (bicyclic) bond motifs is 1. The molecule has 0 bridgehead atoms. The van der Waals surface area contributed by atoms with Crippen molar-refractivity contribution in [1.29, 1.82) is 0 Å². The zero-order chi connectivity index (χ0) is 25.7. The molecule has 0 radical (unpaired) electrons. The lowest BCUT2D eigenvalue weighted by atomic mass is 9.74.